The van der Waals surface area contributed by atoms with Gasteiger partial charge in [0, 0.05) is 12.8 Å². The van der Waals surface area contributed by atoms with Crippen molar-refractivity contribution in [1.29, 1.82) is 0 Å². The van der Waals surface area contributed by atoms with E-state index in [1.165, 1.54) is 12.5 Å². The third-order valence-electron chi connectivity index (χ3n) is 1.25. The van der Waals surface area contributed by atoms with E-state index >= 15 is 0 Å². The smallest absolute Gasteiger partial charge is 0.218 e. The van der Waals surface area contributed by atoms with Crippen LogP contribution in [0, 0.1) is 0 Å². The lowest BCUT2D eigenvalue weighted by Gasteiger charge is -2.00. The Morgan fingerprint density at radius 3 is 2.92 bits per heavy atom. The van der Waals surface area contributed by atoms with Crippen molar-refractivity contribution in [2.24, 2.45) is 5.73 Å². The number of aromatic nitrogens is 2. The van der Waals surface area contributed by atoms with Crippen LogP contribution in [0.3, 0.4) is 0 Å². The zero-order valence-corrected chi connectivity index (χ0v) is 8.02. The predicted octanol–water partition coefficient (Wildman–Crippen LogP) is 0.326. The van der Waals surface area contributed by atoms with Gasteiger partial charge in [0.1, 0.15) is 0 Å². The molecule has 1 aromatic heterocycles. The van der Waals surface area contributed by atoms with Crippen molar-refractivity contribution in [3.8, 4) is 0 Å². The average Bonchev–Trinajstić information content (AvgIpc) is 2.05. The summed E-state index contributed by atoms with van der Waals surface area (Å²) in [4.78, 5) is 7.71. The fourth-order valence-corrected chi connectivity index (χ4v) is 1.27. The summed E-state index contributed by atoms with van der Waals surface area (Å²) < 4.78 is 10.9. The fraction of sp³-hybridized carbons (Fsp3) is 0.333. The van der Waals surface area contributed by atoms with Gasteiger partial charge in [-0.15, -0.1) is 0 Å². The van der Waals surface area contributed by atoms with Crippen molar-refractivity contribution in [2.75, 3.05) is 6.26 Å². The molecule has 0 radical (unpaired) electrons. The molecule has 12 heavy (non-hydrogen) atoms. The Morgan fingerprint density at radius 2 is 2.42 bits per heavy atom. The minimum atomic E-state index is -1.19. The van der Waals surface area contributed by atoms with Crippen LogP contribution in [-0.4, -0.2) is 20.4 Å². The van der Waals surface area contributed by atoms with Crippen LogP contribution in [-0.2, 0) is 17.3 Å². The molecule has 0 aromatic carbocycles. The summed E-state index contributed by atoms with van der Waals surface area (Å²) >= 11 is 5.70. The first-order chi connectivity index (χ1) is 5.65. The van der Waals surface area contributed by atoms with E-state index in [0.29, 0.717) is 10.7 Å². The van der Waals surface area contributed by atoms with Gasteiger partial charge in [-0.25, -0.2) is 9.97 Å². The Hall–Kier alpha value is -0.520. The van der Waals surface area contributed by atoms with E-state index in [1.54, 1.807) is 0 Å². The van der Waals surface area contributed by atoms with Crippen LogP contribution in [0.1, 0.15) is 5.69 Å². The SMILES string of the molecule is CS(=O)c1ncc(Cl)c(CN)n1. The molecule has 0 aliphatic rings. The molecule has 4 nitrogen and oxygen atoms in total. The molecule has 0 amide bonds. The highest BCUT2D eigenvalue weighted by atomic mass is 35.5. The maximum atomic E-state index is 10.9. The van der Waals surface area contributed by atoms with Crippen LogP contribution in [0.2, 0.25) is 5.02 Å². The van der Waals surface area contributed by atoms with Gasteiger partial charge in [0.25, 0.3) is 0 Å². The number of hydrogen-bond acceptors (Lipinski definition) is 4. The van der Waals surface area contributed by atoms with E-state index in [9.17, 15) is 4.21 Å². The lowest BCUT2D eigenvalue weighted by atomic mass is 10.4. The Kier molecular flexibility index (Phi) is 3.13. The minimum Gasteiger partial charge on any atom is -0.325 e. The molecular weight excluding hydrogens is 198 g/mol. The second-order valence-electron chi connectivity index (χ2n) is 2.11. The van der Waals surface area contributed by atoms with E-state index in [1.807, 2.05) is 0 Å². The van der Waals surface area contributed by atoms with Gasteiger partial charge < -0.3 is 5.73 Å². The van der Waals surface area contributed by atoms with E-state index in [-0.39, 0.29) is 11.7 Å². The first-order valence-electron chi connectivity index (χ1n) is 3.20. The third kappa shape index (κ3) is 2.00. The summed E-state index contributed by atoms with van der Waals surface area (Å²) in [7, 11) is -1.19. The molecule has 1 unspecified atom stereocenters. The molecule has 1 heterocycles. The van der Waals surface area contributed by atoms with Gasteiger partial charge in [0.05, 0.1) is 27.7 Å². The van der Waals surface area contributed by atoms with Crippen LogP contribution in [0.25, 0.3) is 0 Å². The molecule has 1 aromatic rings. The van der Waals surface area contributed by atoms with Gasteiger partial charge in [0.15, 0.2) is 0 Å². The van der Waals surface area contributed by atoms with E-state index in [0.717, 1.165) is 0 Å². The molecule has 1 rings (SSSR count). The standard InChI is InChI=1S/C6H8ClN3OS/c1-12(11)6-9-3-4(7)5(2-8)10-6/h3H,2,8H2,1H3. The largest absolute Gasteiger partial charge is 0.325 e. The summed E-state index contributed by atoms with van der Waals surface area (Å²) in [6.45, 7) is 0.228. The Morgan fingerprint density at radius 1 is 1.75 bits per heavy atom. The monoisotopic (exact) mass is 205 g/mol. The first-order valence-corrected chi connectivity index (χ1v) is 5.13. The van der Waals surface area contributed by atoms with Crippen molar-refractivity contribution in [2.45, 2.75) is 11.7 Å². The van der Waals surface area contributed by atoms with Crippen LogP contribution in [0.4, 0.5) is 0 Å². The van der Waals surface area contributed by atoms with Gasteiger partial charge >= 0.3 is 0 Å². The maximum Gasteiger partial charge on any atom is 0.218 e. The number of rotatable bonds is 2. The van der Waals surface area contributed by atoms with Crippen LogP contribution in [0.5, 0.6) is 0 Å². The number of nitrogens with two attached hydrogens (primary N) is 1. The van der Waals surface area contributed by atoms with Gasteiger partial charge in [-0.3, -0.25) is 4.21 Å². The molecular formula is C6H8ClN3OS. The van der Waals surface area contributed by atoms with Crippen LogP contribution in [0.15, 0.2) is 11.4 Å². The summed E-state index contributed by atoms with van der Waals surface area (Å²) in [5, 5.41) is 0.673. The summed E-state index contributed by atoms with van der Waals surface area (Å²) in [5.41, 5.74) is 5.87. The van der Waals surface area contributed by atoms with Crippen LogP contribution < -0.4 is 5.73 Å². The highest BCUT2D eigenvalue weighted by Gasteiger charge is 2.05. The van der Waals surface area contributed by atoms with Crippen LogP contribution >= 0.6 is 11.6 Å². The summed E-state index contributed by atoms with van der Waals surface area (Å²) in [6, 6.07) is 0. The first kappa shape index (κ1) is 9.57. The third-order valence-corrected chi connectivity index (χ3v) is 2.27. The molecule has 6 heteroatoms. The fourth-order valence-electron chi connectivity index (χ4n) is 0.666. The molecule has 0 spiro atoms. The minimum absolute atomic E-state index is 0.228. The molecule has 0 fully saturated rings. The molecule has 0 bridgehead atoms. The second-order valence-corrected chi connectivity index (χ2v) is 3.79. The number of nitrogens with zero attached hydrogens (tertiary/aromatic N) is 2. The van der Waals surface area contributed by atoms with Gasteiger partial charge in [-0.2, -0.15) is 0 Å². The normalized spacial score (nSPS) is 12.9. The lowest BCUT2D eigenvalue weighted by Crippen LogP contribution is -2.05. The average molecular weight is 206 g/mol. The highest BCUT2D eigenvalue weighted by Crippen LogP contribution is 2.11. The quantitative estimate of drug-likeness (QED) is 0.707. The molecule has 1 atom stereocenters. The van der Waals surface area contributed by atoms with E-state index in [2.05, 4.69) is 9.97 Å². The van der Waals surface area contributed by atoms with Crippen molar-refractivity contribution in [3.63, 3.8) is 0 Å². The van der Waals surface area contributed by atoms with Gasteiger partial charge in [0.2, 0.25) is 5.16 Å². The summed E-state index contributed by atoms with van der Waals surface area (Å²) in [6.07, 6.45) is 2.91. The van der Waals surface area contributed by atoms with Crippen molar-refractivity contribution in [3.05, 3.63) is 16.9 Å². The Bertz CT molecular complexity index is 318. The Labute approximate surface area is 77.6 Å². The zero-order chi connectivity index (χ0) is 9.14. The lowest BCUT2D eigenvalue weighted by molar-refractivity contribution is 0.678. The number of halogens is 1. The summed E-state index contributed by atoms with van der Waals surface area (Å²) in [5.74, 6) is 0. The van der Waals surface area contributed by atoms with Crippen molar-refractivity contribution >= 4 is 22.4 Å². The van der Waals surface area contributed by atoms with E-state index in [4.69, 9.17) is 17.3 Å². The molecule has 0 aliphatic heterocycles. The van der Waals surface area contributed by atoms with Gasteiger partial charge in [-0.05, 0) is 0 Å². The molecule has 2 N–H and O–H groups in total. The maximum absolute atomic E-state index is 10.9. The molecule has 66 valence electrons. The highest BCUT2D eigenvalue weighted by molar-refractivity contribution is 7.84. The molecule has 0 saturated heterocycles. The van der Waals surface area contributed by atoms with Gasteiger partial charge in [-0.1, -0.05) is 11.6 Å². The molecule has 0 aliphatic carbocycles. The van der Waals surface area contributed by atoms with E-state index < -0.39 is 10.8 Å². The van der Waals surface area contributed by atoms with Crippen molar-refractivity contribution in [1.82, 2.24) is 9.97 Å². The number of hydrogen-bond donors (Lipinski definition) is 1. The topological polar surface area (TPSA) is 68.9 Å². The Balaban J connectivity index is 3.13. The second kappa shape index (κ2) is 3.93. The predicted molar refractivity (Wildman–Crippen MR) is 47.3 cm³/mol. The zero-order valence-electron chi connectivity index (χ0n) is 6.45. The van der Waals surface area contributed by atoms with Crippen molar-refractivity contribution < 1.29 is 4.21 Å². The molecule has 0 saturated carbocycles.